The van der Waals surface area contributed by atoms with Crippen molar-refractivity contribution in [3.8, 4) is 5.75 Å². The largest absolute Gasteiger partial charge is 0.497 e. The number of ether oxygens (including phenoxy) is 2. The van der Waals surface area contributed by atoms with Gasteiger partial charge in [0.2, 0.25) is 0 Å². The highest BCUT2D eigenvalue weighted by Gasteiger charge is 2.27. The van der Waals surface area contributed by atoms with E-state index in [0.29, 0.717) is 13.1 Å². The lowest BCUT2D eigenvalue weighted by atomic mass is 10.3. The van der Waals surface area contributed by atoms with E-state index in [4.69, 9.17) is 9.47 Å². The highest BCUT2D eigenvalue weighted by atomic mass is 16.6. The Kier molecular flexibility index (Phi) is 3.37. The van der Waals surface area contributed by atoms with E-state index in [1.165, 1.54) is 0 Å². The molecule has 0 radical (unpaired) electrons. The first-order valence-corrected chi connectivity index (χ1v) is 5.48. The number of hydrogen-bond donors (Lipinski definition) is 1. The van der Waals surface area contributed by atoms with E-state index in [-0.39, 0.29) is 12.2 Å². The summed E-state index contributed by atoms with van der Waals surface area (Å²) in [5.41, 5.74) is 0.983. The molecule has 5 nitrogen and oxygen atoms in total. The number of nitrogens with one attached hydrogen (secondary N) is 1. The Bertz CT molecular complexity index is 391. The Morgan fingerprint density at radius 2 is 2.18 bits per heavy atom. The van der Waals surface area contributed by atoms with E-state index in [0.717, 1.165) is 11.4 Å². The summed E-state index contributed by atoms with van der Waals surface area (Å²) in [5, 5.41) is 3.22. The third-order valence-corrected chi connectivity index (χ3v) is 2.68. The number of nitrogens with zero attached hydrogens (tertiary/aromatic N) is 1. The van der Waals surface area contributed by atoms with Crippen LogP contribution in [-0.4, -0.2) is 44.3 Å². The van der Waals surface area contributed by atoms with Crippen LogP contribution in [0.3, 0.4) is 0 Å². The van der Waals surface area contributed by atoms with E-state index < -0.39 is 0 Å². The molecule has 1 fully saturated rings. The van der Waals surface area contributed by atoms with Gasteiger partial charge in [-0.3, -0.25) is 0 Å². The predicted octanol–water partition coefficient (Wildman–Crippen LogP) is 1.56. The molecular weight excluding hydrogens is 220 g/mol. The smallest absolute Gasteiger partial charge is 0.410 e. The number of benzene rings is 1. The van der Waals surface area contributed by atoms with Crippen molar-refractivity contribution in [3.63, 3.8) is 0 Å². The van der Waals surface area contributed by atoms with Crippen molar-refractivity contribution in [2.24, 2.45) is 0 Å². The number of anilines is 1. The Balaban J connectivity index is 1.83. The Morgan fingerprint density at radius 1 is 1.47 bits per heavy atom. The fourth-order valence-corrected chi connectivity index (χ4v) is 1.70. The van der Waals surface area contributed by atoms with E-state index in [1.54, 1.807) is 19.1 Å². The zero-order chi connectivity index (χ0) is 12.3. The van der Waals surface area contributed by atoms with Crippen LogP contribution in [0.25, 0.3) is 0 Å². The van der Waals surface area contributed by atoms with E-state index >= 15 is 0 Å². The van der Waals surface area contributed by atoms with Crippen LogP contribution in [0.1, 0.15) is 0 Å². The van der Waals surface area contributed by atoms with E-state index in [2.05, 4.69) is 5.32 Å². The van der Waals surface area contributed by atoms with Gasteiger partial charge in [-0.15, -0.1) is 0 Å². The van der Waals surface area contributed by atoms with Crippen LogP contribution >= 0.6 is 0 Å². The maximum Gasteiger partial charge on any atom is 0.410 e. The van der Waals surface area contributed by atoms with Crippen molar-refractivity contribution < 1.29 is 14.3 Å². The molecule has 1 saturated heterocycles. The van der Waals surface area contributed by atoms with Crippen molar-refractivity contribution in [2.75, 3.05) is 32.6 Å². The van der Waals surface area contributed by atoms with Gasteiger partial charge in [-0.2, -0.15) is 0 Å². The van der Waals surface area contributed by atoms with Gasteiger partial charge in [0.15, 0.2) is 0 Å². The van der Waals surface area contributed by atoms with Gasteiger partial charge in [0.05, 0.1) is 20.2 Å². The topological polar surface area (TPSA) is 50.8 Å². The monoisotopic (exact) mass is 236 g/mol. The third-order valence-electron chi connectivity index (χ3n) is 2.68. The Hall–Kier alpha value is -1.91. The zero-order valence-corrected chi connectivity index (χ0v) is 9.97. The summed E-state index contributed by atoms with van der Waals surface area (Å²) in [6.45, 7) is 1.24. The summed E-state index contributed by atoms with van der Waals surface area (Å²) < 4.78 is 10.2. The van der Waals surface area contributed by atoms with Crippen LogP contribution in [-0.2, 0) is 4.74 Å². The molecule has 0 bridgehead atoms. The summed E-state index contributed by atoms with van der Waals surface area (Å²) in [7, 11) is 3.37. The van der Waals surface area contributed by atoms with Crippen LogP contribution in [0.2, 0.25) is 0 Å². The first-order valence-electron chi connectivity index (χ1n) is 5.48. The average Bonchev–Trinajstić information content (AvgIpc) is 2.67. The molecule has 1 atom stereocenters. The molecule has 1 aromatic rings. The molecule has 1 amide bonds. The van der Waals surface area contributed by atoms with Crippen LogP contribution in [0.15, 0.2) is 24.3 Å². The molecule has 0 spiro atoms. The summed E-state index contributed by atoms with van der Waals surface area (Å²) in [6, 6.07) is 7.63. The predicted molar refractivity (Wildman–Crippen MR) is 64.4 cm³/mol. The minimum Gasteiger partial charge on any atom is -0.497 e. The molecule has 2 rings (SSSR count). The van der Waals surface area contributed by atoms with Crippen molar-refractivity contribution in [3.05, 3.63) is 24.3 Å². The van der Waals surface area contributed by atoms with Crippen LogP contribution < -0.4 is 10.1 Å². The number of cyclic esters (lactones) is 1. The first kappa shape index (κ1) is 11.6. The summed E-state index contributed by atoms with van der Waals surface area (Å²) in [5.74, 6) is 0.822. The van der Waals surface area contributed by atoms with E-state index in [1.807, 2.05) is 24.3 Å². The molecule has 0 aliphatic carbocycles. The second kappa shape index (κ2) is 4.95. The first-order chi connectivity index (χ1) is 8.19. The van der Waals surface area contributed by atoms with Gasteiger partial charge >= 0.3 is 6.09 Å². The Labute approximate surface area is 100 Å². The molecule has 0 aromatic heterocycles. The molecule has 1 aliphatic heterocycles. The summed E-state index contributed by atoms with van der Waals surface area (Å²) >= 11 is 0. The number of amides is 1. The van der Waals surface area contributed by atoms with E-state index in [9.17, 15) is 4.79 Å². The van der Waals surface area contributed by atoms with Crippen LogP contribution in [0.5, 0.6) is 5.75 Å². The second-order valence-electron chi connectivity index (χ2n) is 4.00. The normalized spacial score (nSPS) is 19.1. The van der Waals surface area contributed by atoms with Gasteiger partial charge < -0.3 is 19.7 Å². The third kappa shape index (κ3) is 2.81. The lowest BCUT2D eigenvalue weighted by molar-refractivity contribution is 0.138. The number of carbonyl (C=O) groups is 1. The average molecular weight is 236 g/mol. The van der Waals surface area contributed by atoms with Crippen molar-refractivity contribution in [1.82, 2.24) is 4.90 Å². The standard InChI is InChI=1S/C12H16N2O3/c1-14-8-11(17-12(14)15)7-13-9-3-5-10(16-2)6-4-9/h3-6,11,13H,7-8H2,1-2H3/t11-/m0/s1. The van der Waals surface area contributed by atoms with Gasteiger partial charge in [0, 0.05) is 12.7 Å². The number of hydrogen-bond acceptors (Lipinski definition) is 4. The molecule has 92 valence electrons. The second-order valence-corrected chi connectivity index (χ2v) is 4.00. The van der Waals surface area contributed by atoms with Crippen molar-refractivity contribution in [2.45, 2.75) is 6.10 Å². The minimum atomic E-state index is -0.258. The molecule has 0 saturated carbocycles. The zero-order valence-electron chi connectivity index (χ0n) is 9.97. The highest BCUT2D eigenvalue weighted by Crippen LogP contribution is 2.16. The van der Waals surface area contributed by atoms with Gasteiger partial charge in [-0.1, -0.05) is 0 Å². The van der Waals surface area contributed by atoms with Gasteiger partial charge in [-0.25, -0.2) is 4.79 Å². The molecular formula is C12H16N2O3. The summed E-state index contributed by atoms with van der Waals surface area (Å²) in [6.07, 6.45) is -0.346. The lowest BCUT2D eigenvalue weighted by Crippen LogP contribution is -2.24. The number of methoxy groups -OCH3 is 1. The van der Waals surface area contributed by atoms with Crippen molar-refractivity contribution >= 4 is 11.8 Å². The quantitative estimate of drug-likeness (QED) is 0.862. The SMILES string of the molecule is COc1ccc(NC[C@H]2CN(C)C(=O)O2)cc1. The summed E-state index contributed by atoms with van der Waals surface area (Å²) in [4.78, 5) is 12.7. The highest BCUT2D eigenvalue weighted by molar-refractivity contribution is 5.69. The Morgan fingerprint density at radius 3 is 2.71 bits per heavy atom. The molecule has 0 unspecified atom stereocenters. The molecule has 17 heavy (non-hydrogen) atoms. The van der Waals surface area contributed by atoms with Crippen LogP contribution in [0.4, 0.5) is 10.5 Å². The molecule has 1 heterocycles. The number of carbonyl (C=O) groups excluding carboxylic acids is 1. The minimum absolute atomic E-state index is 0.0883. The van der Waals surface area contributed by atoms with Gasteiger partial charge in [-0.05, 0) is 24.3 Å². The molecule has 1 N–H and O–H groups in total. The molecule has 1 aromatic carbocycles. The fraction of sp³-hybridized carbons (Fsp3) is 0.417. The fourth-order valence-electron chi connectivity index (χ4n) is 1.70. The molecule has 1 aliphatic rings. The van der Waals surface area contributed by atoms with Gasteiger partial charge in [0.25, 0.3) is 0 Å². The maximum atomic E-state index is 11.1. The number of likely N-dealkylation sites (N-methyl/N-ethyl adjacent to an activating group) is 1. The van der Waals surface area contributed by atoms with Gasteiger partial charge in [0.1, 0.15) is 11.9 Å². The lowest BCUT2D eigenvalue weighted by Gasteiger charge is -2.11. The number of rotatable bonds is 4. The molecule has 5 heteroatoms. The maximum absolute atomic E-state index is 11.1. The van der Waals surface area contributed by atoms with Crippen molar-refractivity contribution in [1.29, 1.82) is 0 Å². The van der Waals surface area contributed by atoms with Crippen LogP contribution in [0, 0.1) is 0 Å².